The van der Waals surface area contributed by atoms with E-state index in [9.17, 15) is 9.59 Å². The molecule has 0 spiro atoms. The van der Waals surface area contributed by atoms with Gasteiger partial charge in [0.15, 0.2) is 0 Å². The number of carbonyl (C=O) groups is 2. The number of nitrogens with one attached hydrogen (secondary N) is 2. The van der Waals surface area contributed by atoms with Gasteiger partial charge in [-0.2, -0.15) is 5.10 Å². The quantitative estimate of drug-likeness (QED) is 0.585. The summed E-state index contributed by atoms with van der Waals surface area (Å²) in [7, 11) is -1.79. The van der Waals surface area contributed by atoms with E-state index in [-0.39, 0.29) is 28.6 Å². The van der Waals surface area contributed by atoms with Crippen molar-refractivity contribution < 1.29 is 14.0 Å². The topological polar surface area (TPSA) is 104 Å². The molecule has 1 aromatic carbocycles. The van der Waals surface area contributed by atoms with Crippen LogP contribution in [0.15, 0.2) is 24.4 Å². The van der Waals surface area contributed by atoms with Gasteiger partial charge in [0.25, 0.3) is 0 Å². The Bertz CT molecular complexity index is 1070. The van der Waals surface area contributed by atoms with E-state index in [2.05, 4.69) is 35.5 Å². The lowest BCUT2D eigenvalue weighted by atomic mass is 9.69. The first-order valence-corrected chi connectivity index (χ1v) is 14.3. The molecule has 0 unspecified atom stereocenters. The van der Waals surface area contributed by atoms with E-state index in [1.165, 1.54) is 0 Å². The van der Waals surface area contributed by atoms with Crippen molar-refractivity contribution in [2.45, 2.75) is 69.9 Å². The van der Waals surface area contributed by atoms with Gasteiger partial charge in [-0.15, -0.1) is 0 Å². The number of aromatic nitrogens is 2. The van der Waals surface area contributed by atoms with Crippen LogP contribution in [0, 0.1) is 11.7 Å². The Morgan fingerprint density at radius 2 is 2.03 bits per heavy atom. The average molecular weight is 458 g/mol. The summed E-state index contributed by atoms with van der Waals surface area (Å²) in [6, 6.07) is 5.76. The standard InChI is InChI=1S/C23H32FN5O2Si/c1-6-32(4,5)23(10-14(11-23)20(25)30)16-7-8-18(17(24)9-16)27-21(31)29-13-15-12-26-28-19(15)22(29,2)3/h7-9,12,14H,6,10-11,13H2,1-5H3,(H2,25,30)(H,26,28)(H,27,31). The maximum Gasteiger partial charge on any atom is 0.323 e. The van der Waals surface area contributed by atoms with Gasteiger partial charge in [0, 0.05) is 11.5 Å². The third-order valence-corrected chi connectivity index (χ3v) is 13.2. The number of amides is 3. The number of fused-ring (bicyclic) bond motifs is 1. The van der Waals surface area contributed by atoms with E-state index in [4.69, 9.17) is 5.73 Å². The van der Waals surface area contributed by atoms with Gasteiger partial charge in [0.2, 0.25) is 5.91 Å². The fourth-order valence-corrected chi connectivity index (χ4v) is 8.60. The number of rotatable bonds is 5. The van der Waals surface area contributed by atoms with Crippen molar-refractivity contribution in [1.82, 2.24) is 15.1 Å². The van der Waals surface area contributed by atoms with Gasteiger partial charge >= 0.3 is 6.03 Å². The minimum atomic E-state index is -1.79. The minimum absolute atomic E-state index is 0.153. The molecule has 0 saturated heterocycles. The summed E-state index contributed by atoms with van der Waals surface area (Å²) in [6.07, 6.45) is 3.07. The molecule has 1 fully saturated rings. The van der Waals surface area contributed by atoms with Gasteiger partial charge in [0.05, 0.1) is 37.7 Å². The normalized spacial score (nSPS) is 24.1. The van der Waals surface area contributed by atoms with Crippen molar-refractivity contribution in [2.24, 2.45) is 11.7 Å². The number of anilines is 1. The second-order valence-corrected chi connectivity index (χ2v) is 15.8. The molecule has 4 rings (SSSR count). The summed E-state index contributed by atoms with van der Waals surface area (Å²) >= 11 is 0. The maximum atomic E-state index is 15.2. The van der Waals surface area contributed by atoms with Crippen LogP contribution in [0.2, 0.25) is 19.1 Å². The van der Waals surface area contributed by atoms with Crippen molar-refractivity contribution >= 4 is 25.7 Å². The fourth-order valence-electron chi connectivity index (χ4n) is 5.39. The van der Waals surface area contributed by atoms with E-state index in [0.29, 0.717) is 19.4 Å². The number of nitrogens with two attached hydrogens (primary N) is 1. The summed E-state index contributed by atoms with van der Waals surface area (Å²) in [5, 5.41) is 9.57. The predicted molar refractivity (Wildman–Crippen MR) is 124 cm³/mol. The zero-order valence-corrected chi connectivity index (χ0v) is 20.4. The van der Waals surface area contributed by atoms with Gasteiger partial charge < -0.3 is 16.0 Å². The van der Waals surface area contributed by atoms with E-state index in [0.717, 1.165) is 22.9 Å². The van der Waals surface area contributed by atoms with Crippen LogP contribution in [0.5, 0.6) is 0 Å². The van der Waals surface area contributed by atoms with Crippen molar-refractivity contribution in [3.8, 4) is 0 Å². The molecule has 7 nitrogen and oxygen atoms in total. The first kappa shape index (κ1) is 22.5. The van der Waals surface area contributed by atoms with Crippen LogP contribution >= 0.6 is 0 Å². The molecule has 0 radical (unpaired) electrons. The average Bonchev–Trinajstić information content (AvgIpc) is 3.24. The van der Waals surface area contributed by atoms with Crippen LogP contribution in [-0.4, -0.2) is 35.1 Å². The number of urea groups is 1. The minimum Gasteiger partial charge on any atom is -0.369 e. The number of hydrogen-bond donors (Lipinski definition) is 3. The van der Waals surface area contributed by atoms with Crippen LogP contribution in [0.1, 0.15) is 50.4 Å². The summed E-state index contributed by atoms with van der Waals surface area (Å²) in [4.78, 5) is 26.4. The first-order valence-electron chi connectivity index (χ1n) is 11.1. The van der Waals surface area contributed by atoms with E-state index in [1.54, 1.807) is 23.2 Å². The lowest BCUT2D eigenvalue weighted by molar-refractivity contribution is -0.125. The fraction of sp³-hybridized carbons (Fsp3) is 0.522. The van der Waals surface area contributed by atoms with E-state index < -0.39 is 19.4 Å². The monoisotopic (exact) mass is 457 g/mol. The number of halogens is 1. The molecule has 0 atom stereocenters. The van der Waals surface area contributed by atoms with Crippen LogP contribution < -0.4 is 11.1 Å². The number of carbonyl (C=O) groups excluding carboxylic acids is 2. The van der Waals surface area contributed by atoms with Gasteiger partial charge in [-0.25, -0.2) is 9.18 Å². The molecule has 2 heterocycles. The Kier molecular flexibility index (Phi) is 5.23. The molecule has 3 amide bonds. The van der Waals surface area contributed by atoms with Gasteiger partial charge in [-0.1, -0.05) is 32.1 Å². The molecule has 0 bridgehead atoms. The van der Waals surface area contributed by atoms with Crippen LogP contribution in [0.4, 0.5) is 14.9 Å². The summed E-state index contributed by atoms with van der Waals surface area (Å²) in [5.41, 5.74) is 7.89. The second kappa shape index (κ2) is 7.43. The highest BCUT2D eigenvalue weighted by molar-refractivity contribution is 6.80. The highest BCUT2D eigenvalue weighted by Crippen LogP contribution is 2.54. The zero-order valence-electron chi connectivity index (χ0n) is 19.4. The summed E-state index contributed by atoms with van der Waals surface area (Å²) in [5.74, 6) is -0.894. The Balaban J connectivity index is 1.57. The highest BCUT2D eigenvalue weighted by Gasteiger charge is 2.56. The lowest BCUT2D eigenvalue weighted by Crippen LogP contribution is -2.61. The number of benzene rings is 1. The Morgan fingerprint density at radius 1 is 1.34 bits per heavy atom. The van der Waals surface area contributed by atoms with Crippen LogP contribution in [0.25, 0.3) is 0 Å². The Morgan fingerprint density at radius 3 is 2.59 bits per heavy atom. The second-order valence-electron chi connectivity index (χ2n) is 10.4. The van der Waals surface area contributed by atoms with Crippen molar-refractivity contribution in [2.75, 3.05) is 5.32 Å². The molecule has 32 heavy (non-hydrogen) atoms. The van der Waals surface area contributed by atoms with Crippen molar-refractivity contribution in [1.29, 1.82) is 0 Å². The lowest BCUT2D eigenvalue weighted by Gasteiger charge is -2.55. The van der Waals surface area contributed by atoms with E-state index >= 15 is 4.39 Å². The van der Waals surface area contributed by atoms with Crippen molar-refractivity contribution in [3.63, 3.8) is 0 Å². The predicted octanol–water partition coefficient (Wildman–Crippen LogP) is 4.23. The number of aromatic amines is 1. The smallest absolute Gasteiger partial charge is 0.323 e. The zero-order chi connectivity index (χ0) is 23.5. The first-order chi connectivity index (χ1) is 14.9. The molecule has 172 valence electrons. The molecular weight excluding hydrogens is 425 g/mol. The van der Waals surface area contributed by atoms with Crippen molar-refractivity contribution in [3.05, 3.63) is 47.0 Å². The molecule has 1 aliphatic heterocycles. The van der Waals surface area contributed by atoms with E-state index in [1.807, 2.05) is 19.9 Å². The number of primary amides is 1. The maximum absolute atomic E-state index is 15.2. The Labute approximate surface area is 189 Å². The van der Waals surface area contributed by atoms with Gasteiger partial charge in [-0.05, 0) is 49.4 Å². The molecule has 1 aromatic heterocycles. The molecular formula is C23H32FN5O2Si. The summed E-state index contributed by atoms with van der Waals surface area (Å²) < 4.78 is 15.2. The number of H-pyrrole nitrogens is 1. The molecule has 1 saturated carbocycles. The third kappa shape index (κ3) is 3.25. The highest BCUT2D eigenvalue weighted by atomic mass is 28.3. The van der Waals surface area contributed by atoms with Gasteiger partial charge in [0.1, 0.15) is 5.82 Å². The van der Waals surface area contributed by atoms with Gasteiger partial charge in [-0.3, -0.25) is 9.89 Å². The van der Waals surface area contributed by atoms with Crippen LogP contribution in [-0.2, 0) is 21.9 Å². The molecule has 1 aliphatic carbocycles. The van der Waals surface area contributed by atoms with Crippen LogP contribution in [0.3, 0.4) is 0 Å². The molecule has 4 N–H and O–H groups in total. The SMILES string of the molecule is CC[Si](C)(C)C1(c2ccc(NC(=O)N3Cc4cn[nH]c4C3(C)C)c(F)c2)CC(C(N)=O)C1. The molecule has 9 heteroatoms. The largest absolute Gasteiger partial charge is 0.369 e. The third-order valence-electron chi connectivity index (χ3n) is 8.11. The molecule has 2 aromatic rings. The Hall–Kier alpha value is -2.68. The molecule has 2 aliphatic rings. The summed E-state index contributed by atoms with van der Waals surface area (Å²) in [6.45, 7) is 11.0. The number of hydrogen-bond acceptors (Lipinski definition) is 3. The number of nitrogens with zero attached hydrogens (tertiary/aromatic N) is 2.